The number of aryl methyl sites for hydroxylation is 1. The number of benzene rings is 7. The number of fused-ring (bicyclic) bond motifs is 4. The van der Waals surface area contributed by atoms with Gasteiger partial charge >= 0.3 is 0 Å². The minimum Gasteiger partial charge on any atom is -0.0836 e. The summed E-state index contributed by atoms with van der Waals surface area (Å²) in [6.07, 6.45) is 11.2. The number of hydrogen-bond acceptors (Lipinski definition) is 0. The van der Waals surface area contributed by atoms with E-state index in [1.807, 2.05) is 0 Å². The number of hydrogen-bond donors (Lipinski definition) is 0. The van der Waals surface area contributed by atoms with Gasteiger partial charge in [-0.05, 0) is 89.7 Å². The third-order valence-electron chi connectivity index (χ3n) is 8.50. The summed E-state index contributed by atoms with van der Waals surface area (Å²) in [7, 11) is 0. The maximum atomic E-state index is 2.32. The molecule has 0 saturated heterocycles. The number of rotatable bonds is 0. The second-order valence-corrected chi connectivity index (χ2v) is 10.8. The molecule has 0 heteroatoms. The van der Waals surface area contributed by atoms with E-state index in [9.17, 15) is 0 Å². The molecule has 2 aliphatic rings. The third-order valence-corrected chi connectivity index (χ3v) is 8.50. The Morgan fingerprint density at radius 2 is 0.950 bits per heavy atom. The summed E-state index contributed by atoms with van der Waals surface area (Å²) in [5.41, 5.74) is 10.2. The standard InChI is InChI=1S/C40H28/c1-2-8-29-9-3-5-11-33(29)35-23-19-31-22-26-38-36(24-20-32-21-25-37(35)39(31)40(32)38)34-12-6-4-10-30(34)18-17-28-15-13-27(7-1)14-16-28/h2-6,8-26H,1,7H2/b8-2+,18-17+. The molecule has 0 heterocycles. The monoisotopic (exact) mass is 508 g/mol. The highest BCUT2D eigenvalue weighted by Crippen LogP contribution is 2.43. The second-order valence-electron chi connectivity index (χ2n) is 10.8. The van der Waals surface area contributed by atoms with Crippen LogP contribution in [0, 0.1) is 0 Å². The first kappa shape index (κ1) is 23.0. The highest BCUT2D eigenvalue weighted by atomic mass is 14.2. The molecule has 0 aromatic heterocycles. The molecule has 0 unspecified atom stereocenters. The molecule has 0 nitrogen and oxygen atoms in total. The molecule has 188 valence electrons. The molecular formula is C40H28. The Bertz CT molecular complexity index is 2090. The van der Waals surface area contributed by atoms with Crippen LogP contribution in [0.3, 0.4) is 0 Å². The summed E-state index contributed by atoms with van der Waals surface area (Å²) in [6.45, 7) is 0. The lowest BCUT2D eigenvalue weighted by Crippen LogP contribution is -1.91. The van der Waals surface area contributed by atoms with Crippen LogP contribution in [-0.2, 0) is 6.42 Å². The van der Waals surface area contributed by atoms with Gasteiger partial charge in [-0.25, -0.2) is 0 Å². The van der Waals surface area contributed by atoms with Gasteiger partial charge in [0.15, 0.2) is 0 Å². The zero-order chi connectivity index (χ0) is 26.5. The summed E-state index contributed by atoms with van der Waals surface area (Å²) in [6, 6.07) is 45.0. The third kappa shape index (κ3) is 3.76. The molecule has 9 rings (SSSR count). The van der Waals surface area contributed by atoms with Gasteiger partial charge in [0.25, 0.3) is 0 Å². The number of allylic oxidation sites excluding steroid dienone is 1. The first-order chi connectivity index (χ1) is 19.8. The van der Waals surface area contributed by atoms with E-state index in [1.54, 1.807) is 0 Å². The van der Waals surface area contributed by atoms with Crippen molar-refractivity contribution in [3.63, 3.8) is 0 Å². The SMILES string of the molecule is C1=C/c2ccccc2-c2ccc3ccc4c(ccc5ccc2c3c54)-c2ccccc2/C=C/c2ccc(cc2)CC/1. The maximum absolute atomic E-state index is 2.32. The van der Waals surface area contributed by atoms with Gasteiger partial charge in [-0.2, -0.15) is 0 Å². The lowest BCUT2D eigenvalue weighted by atomic mass is 9.85. The molecule has 7 aromatic rings. The lowest BCUT2D eigenvalue weighted by Gasteiger charge is -2.18. The van der Waals surface area contributed by atoms with Gasteiger partial charge in [-0.15, -0.1) is 0 Å². The predicted octanol–water partition coefficient (Wildman–Crippen LogP) is 11.0. The largest absolute Gasteiger partial charge is 0.0836 e. The van der Waals surface area contributed by atoms with Gasteiger partial charge < -0.3 is 0 Å². The lowest BCUT2D eigenvalue weighted by molar-refractivity contribution is 1.01. The highest BCUT2D eigenvalue weighted by molar-refractivity contribution is 6.27. The zero-order valence-corrected chi connectivity index (χ0v) is 22.3. The van der Waals surface area contributed by atoms with E-state index in [4.69, 9.17) is 0 Å². The van der Waals surface area contributed by atoms with Gasteiger partial charge in [-0.1, -0.05) is 146 Å². The summed E-state index contributed by atoms with van der Waals surface area (Å²) < 4.78 is 0. The average Bonchev–Trinajstić information content (AvgIpc) is 3.01. The molecular weight excluding hydrogens is 480 g/mol. The first-order valence-electron chi connectivity index (χ1n) is 14.2. The minimum atomic E-state index is 1.01. The van der Waals surface area contributed by atoms with Crippen molar-refractivity contribution >= 4 is 50.5 Å². The predicted molar refractivity (Wildman–Crippen MR) is 174 cm³/mol. The fourth-order valence-corrected chi connectivity index (χ4v) is 6.49. The molecule has 0 atom stereocenters. The molecule has 40 heavy (non-hydrogen) atoms. The first-order valence-corrected chi connectivity index (χ1v) is 14.2. The van der Waals surface area contributed by atoms with Crippen LogP contribution < -0.4 is 0 Å². The van der Waals surface area contributed by atoms with Crippen LogP contribution in [0.2, 0.25) is 0 Å². The smallest absolute Gasteiger partial charge is 0.00203 e. The fraction of sp³-hybridized carbons (Fsp3) is 0.0500. The Labute approximate surface area is 234 Å². The van der Waals surface area contributed by atoms with Crippen LogP contribution in [0.4, 0.5) is 0 Å². The highest BCUT2D eigenvalue weighted by Gasteiger charge is 2.16. The zero-order valence-electron chi connectivity index (χ0n) is 22.3. The molecule has 0 amide bonds. The van der Waals surface area contributed by atoms with E-state index in [-0.39, 0.29) is 0 Å². The second kappa shape index (κ2) is 9.36. The van der Waals surface area contributed by atoms with E-state index >= 15 is 0 Å². The molecule has 0 spiro atoms. The normalized spacial score (nSPS) is 14.7. The summed E-state index contributed by atoms with van der Waals surface area (Å²) in [5.74, 6) is 0. The van der Waals surface area contributed by atoms with Crippen molar-refractivity contribution in [2.45, 2.75) is 12.8 Å². The van der Waals surface area contributed by atoms with E-state index < -0.39 is 0 Å². The van der Waals surface area contributed by atoms with Crippen molar-refractivity contribution in [2.75, 3.05) is 0 Å². The molecule has 2 aliphatic carbocycles. The summed E-state index contributed by atoms with van der Waals surface area (Å²) in [4.78, 5) is 0. The van der Waals surface area contributed by atoms with E-state index in [0.29, 0.717) is 0 Å². The van der Waals surface area contributed by atoms with E-state index in [0.717, 1.165) is 12.8 Å². The Kier molecular flexibility index (Phi) is 5.38. The van der Waals surface area contributed by atoms with Crippen molar-refractivity contribution in [2.24, 2.45) is 0 Å². The van der Waals surface area contributed by atoms with Crippen molar-refractivity contribution in [3.8, 4) is 22.3 Å². The Balaban J connectivity index is 1.46. The van der Waals surface area contributed by atoms with Crippen LogP contribution in [-0.4, -0.2) is 0 Å². The molecule has 0 radical (unpaired) electrons. The molecule has 0 aliphatic heterocycles. The summed E-state index contributed by atoms with van der Waals surface area (Å²) >= 11 is 0. The van der Waals surface area contributed by atoms with E-state index in [1.165, 1.54) is 76.8 Å². The Hall–Kier alpha value is -4.94. The van der Waals surface area contributed by atoms with Crippen LogP contribution in [0.15, 0.2) is 127 Å². The van der Waals surface area contributed by atoms with Crippen LogP contribution in [0.5, 0.6) is 0 Å². The fourth-order valence-electron chi connectivity index (χ4n) is 6.49. The topological polar surface area (TPSA) is 0 Å². The Morgan fingerprint density at radius 3 is 1.57 bits per heavy atom. The van der Waals surface area contributed by atoms with Gasteiger partial charge in [0.2, 0.25) is 0 Å². The van der Waals surface area contributed by atoms with Crippen molar-refractivity contribution < 1.29 is 0 Å². The van der Waals surface area contributed by atoms with Gasteiger partial charge in [0.05, 0.1) is 0 Å². The van der Waals surface area contributed by atoms with Gasteiger partial charge in [0, 0.05) is 0 Å². The van der Waals surface area contributed by atoms with Crippen LogP contribution >= 0.6 is 0 Å². The minimum absolute atomic E-state index is 1.01. The van der Waals surface area contributed by atoms with Crippen molar-refractivity contribution in [1.29, 1.82) is 0 Å². The van der Waals surface area contributed by atoms with Crippen molar-refractivity contribution in [3.05, 3.63) is 150 Å². The van der Waals surface area contributed by atoms with Gasteiger partial charge in [0.1, 0.15) is 0 Å². The van der Waals surface area contributed by atoms with Crippen molar-refractivity contribution in [1.82, 2.24) is 0 Å². The molecule has 0 N–H and O–H groups in total. The van der Waals surface area contributed by atoms with E-state index in [2.05, 4.69) is 146 Å². The van der Waals surface area contributed by atoms with Crippen LogP contribution in [0.25, 0.3) is 72.8 Å². The Morgan fingerprint density at radius 1 is 0.400 bits per heavy atom. The molecule has 7 aromatic carbocycles. The average molecular weight is 509 g/mol. The molecule has 0 fully saturated rings. The van der Waals surface area contributed by atoms with Crippen LogP contribution in [0.1, 0.15) is 28.7 Å². The maximum Gasteiger partial charge on any atom is -0.00203 e. The molecule has 0 saturated carbocycles. The van der Waals surface area contributed by atoms with Gasteiger partial charge in [-0.3, -0.25) is 0 Å². The summed E-state index contributed by atoms with van der Waals surface area (Å²) in [5, 5.41) is 7.91. The quantitative estimate of drug-likeness (QED) is 0.179. The molecule has 8 bridgehead atoms.